The first kappa shape index (κ1) is 14.8. The molecule has 0 bridgehead atoms. The van der Waals surface area contributed by atoms with Crippen molar-refractivity contribution < 1.29 is 17.7 Å². The molecule has 0 fully saturated rings. The summed E-state index contributed by atoms with van der Waals surface area (Å²) in [5.41, 5.74) is -0.608. The first-order chi connectivity index (χ1) is 9.92. The van der Waals surface area contributed by atoms with E-state index in [4.69, 9.17) is 0 Å². The summed E-state index contributed by atoms with van der Waals surface area (Å²) >= 11 is 0. The highest BCUT2D eigenvalue weighted by atomic mass is 32.2. The average molecular weight is 308 g/mol. The molecule has 0 amide bonds. The summed E-state index contributed by atoms with van der Waals surface area (Å²) in [4.78, 5) is 9.47. The van der Waals surface area contributed by atoms with E-state index in [0.29, 0.717) is 0 Å². The number of nitrogens with zero attached hydrogens (tertiary/aromatic N) is 2. The molecule has 108 valence electrons. The molecule has 0 aliphatic carbocycles. The van der Waals surface area contributed by atoms with Gasteiger partial charge in [-0.15, -0.1) is 0 Å². The van der Waals surface area contributed by atoms with Gasteiger partial charge in [0.1, 0.15) is 5.82 Å². The Balaban J connectivity index is 2.45. The van der Waals surface area contributed by atoms with Crippen molar-refractivity contribution in [2.24, 2.45) is 4.40 Å². The highest BCUT2D eigenvalue weighted by Crippen LogP contribution is 2.24. The number of hydrogen-bond acceptors (Lipinski definition) is 4. The molecule has 21 heavy (non-hydrogen) atoms. The first-order valence-electron chi connectivity index (χ1n) is 5.70. The molecule has 0 unspecified atom stereocenters. The van der Waals surface area contributed by atoms with Crippen LogP contribution in [0.2, 0.25) is 0 Å². The van der Waals surface area contributed by atoms with Gasteiger partial charge in [0.05, 0.1) is 11.1 Å². The number of para-hydroxylation sites is 1. The van der Waals surface area contributed by atoms with E-state index in [1.165, 1.54) is 30.3 Å². The molecule has 0 saturated carbocycles. The Bertz CT molecular complexity index is 818. The van der Waals surface area contributed by atoms with Gasteiger partial charge in [0, 0.05) is 11.6 Å². The van der Waals surface area contributed by atoms with Crippen molar-refractivity contribution in [1.82, 2.24) is 0 Å². The maximum absolute atomic E-state index is 13.4. The molecular formula is C13H9FN2O4S. The Morgan fingerprint density at radius 1 is 1.10 bits per heavy atom. The zero-order chi connectivity index (χ0) is 15.5. The second-order valence-corrected chi connectivity index (χ2v) is 5.56. The van der Waals surface area contributed by atoms with Crippen LogP contribution < -0.4 is 0 Å². The molecule has 8 heteroatoms. The standard InChI is InChI=1S/C13H9FN2O4S/c14-11-6-2-1-5-10(11)9-15-21(19,20)13-8-4-3-7-12(13)16(17)18/h1-9H/b15-9+. The molecule has 0 aliphatic rings. The van der Waals surface area contributed by atoms with Crippen LogP contribution >= 0.6 is 0 Å². The lowest BCUT2D eigenvalue weighted by Crippen LogP contribution is -2.03. The third-order valence-electron chi connectivity index (χ3n) is 2.58. The summed E-state index contributed by atoms with van der Waals surface area (Å²) in [6, 6.07) is 10.3. The summed E-state index contributed by atoms with van der Waals surface area (Å²) < 4.78 is 40.7. The summed E-state index contributed by atoms with van der Waals surface area (Å²) in [6.07, 6.45) is 0.821. The van der Waals surface area contributed by atoms with Crippen LogP contribution in [0.3, 0.4) is 0 Å². The van der Waals surface area contributed by atoms with E-state index < -0.39 is 31.3 Å². The van der Waals surface area contributed by atoms with Crippen LogP contribution in [0.5, 0.6) is 0 Å². The maximum Gasteiger partial charge on any atom is 0.289 e. The highest BCUT2D eigenvalue weighted by molar-refractivity contribution is 7.90. The Labute approximate surface area is 119 Å². The third-order valence-corrected chi connectivity index (χ3v) is 3.86. The summed E-state index contributed by atoms with van der Waals surface area (Å²) in [7, 11) is -4.29. The molecule has 2 aromatic carbocycles. The van der Waals surface area contributed by atoms with Gasteiger partial charge in [-0.25, -0.2) is 4.39 Å². The average Bonchev–Trinajstić information content (AvgIpc) is 2.46. The number of benzene rings is 2. The second kappa shape index (κ2) is 5.80. The Hall–Kier alpha value is -2.61. The van der Waals surface area contributed by atoms with Crippen molar-refractivity contribution in [3.8, 4) is 0 Å². The summed E-state index contributed by atoms with van der Waals surface area (Å²) in [6.45, 7) is 0. The number of halogens is 1. The van der Waals surface area contributed by atoms with Crippen molar-refractivity contribution in [2.75, 3.05) is 0 Å². The van der Waals surface area contributed by atoms with E-state index in [2.05, 4.69) is 4.40 Å². The van der Waals surface area contributed by atoms with Crippen LogP contribution in [-0.4, -0.2) is 19.6 Å². The SMILES string of the molecule is O=[N+]([O-])c1ccccc1S(=O)(=O)/N=C/c1ccccc1F. The molecule has 6 nitrogen and oxygen atoms in total. The lowest BCUT2D eigenvalue weighted by Gasteiger charge is -2.00. The lowest BCUT2D eigenvalue weighted by atomic mass is 10.2. The zero-order valence-electron chi connectivity index (χ0n) is 10.5. The van der Waals surface area contributed by atoms with Gasteiger partial charge >= 0.3 is 0 Å². The highest BCUT2D eigenvalue weighted by Gasteiger charge is 2.24. The van der Waals surface area contributed by atoms with E-state index in [9.17, 15) is 22.9 Å². The monoisotopic (exact) mass is 308 g/mol. The van der Waals surface area contributed by atoms with E-state index >= 15 is 0 Å². The number of nitro benzene ring substituents is 1. The van der Waals surface area contributed by atoms with E-state index in [-0.39, 0.29) is 5.56 Å². The zero-order valence-corrected chi connectivity index (χ0v) is 11.3. The van der Waals surface area contributed by atoms with E-state index in [0.717, 1.165) is 24.4 Å². The van der Waals surface area contributed by atoms with Crippen LogP contribution in [0.1, 0.15) is 5.56 Å². The minimum atomic E-state index is -4.29. The predicted octanol–water partition coefficient (Wildman–Crippen LogP) is 2.54. The number of sulfonamides is 1. The normalized spacial score (nSPS) is 11.7. The Morgan fingerprint density at radius 2 is 1.71 bits per heavy atom. The Kier molecular flexibility index (Phi) is 4.08. The minimum Gasteiger partial charge on any atom is -0.258 e. The fourth-order valence-corrected chi connectivity index (χ4v) is 2.61. The molecule has 0 heterocycles. The molecule has 0 atom stereocenters. The fourth-order valence-electron chi connectivity index (χ4n) is 1.59. The van der Waals surface area contributed by atoms with Crippen molar-refractivity contribution in [2.45, 2.75) is 4.90 Å². The van der Waals surface area contributed by atoms with Crippen LogP contribution in [0, 0.1) is 15.9 Å². The largest absolute Gasteiger partial charge is 0.289 e. The number of hydrogen-bond donors (Lipinski definition) is 0. The van der Waals surface area contributed by atoms with E-state index in [1.807, 2.05) is 0 Å². The summed E-state index contributed by atoms with van der Waals surface area (Å²) in [5, 5.41) is 10.8. The maximum atomic E-state index is 13.4. The Morgan fingerprint density at radius 3 is 2.38 bits per heavy atom. The van der Waals surface area contributed by atoms with Gasteiger partial charge in [-0.2, -0.15) is 12.8 Å². The van der Waals surface area contributed by atoms with Gasteiger partial charge in [-0.05, 0) is 12.1 Å². The van der Waals surface area contributed by atoms with Crippen molar-refractivity contribution in [3.05, 3.63) is 70.0 Å². The molecule has 0 radical (unpaired) electrons. The van der Waals surface area contributed by atoms with Crippen molar-refractivity contribution in [3.63, 3.8) is 0 Å². The van der Waals surface area contributed by atoms with Crippen molar-refractivity contribution in [1.29, 1.82) is 0 Å². The molecule has 2 aromatic rings. The predicted molar refractivity (Wildman–Crippen MR) is 74.3 cm³/mol. The summed E-state index contributed by atoms with van der Waals surface area (Å²) in [5.74, 6) is -0.640. The lowest BCUT2D eigenvalue weighted by molar-refractivity contribution is -0.387. The molecule has 0 aromatic heterocycles. The van der Waals surface area contributed by atoms with Crippen LogP contribution in [0.15, 0.2) is 57.8 Å². The second-order valence-electron chi connectivity index (χ2n) is 3.96. The van der Waals surface area contributed by atoms with Crippen LogP contribution in [0.25, 0.3) is 0 Å². The van der Waals surface area contributed by atoms with Crippen LogP contribution in [-0.2, 0) is 10.0 Å². The van der Waals surface area contributed by atoms with Gasteiger partial charge in [-0.3, -0.25) is 10.1 Å². The smallest absolute Gasteiger partial charge is 0.258 e. The molecule has 0 aliphatic heterocycles. The first-order valence-corrected chi connectivity index (χ1v) is 7.14. The minimum absolute atomic E-state index is 0.0281. The van der Waals surface area contributed by atoms with Gasteiger partial charge in [0.25, 0.3) is 15.7 Å². The van der Waals surface area contributed by atoms with Crippen LogP contribution in [0.4, 0.5) is 10.1 Å². The van der Waals surface area contributed by atoms with Gasteiger partial charge < -0.3 is 0 Å². The quantitative estimate of drug-likeness (QED) is 0.493. The number of nitro groups is 1. The topological polar surface area (TPSA) is 89.6 Å². The third kappa shape index (κ3) is 3.29. The molecular weight excluding hydrogens is 299 g/mol. The molecule has 0 spiro atoms. The van der Waals surface area contributed by atoms with Gasteiger partial charge in [-0.1, -0.05) is 30.3 Å². The fraction of sp³-hybridized carbons (Fsp3) is 0. The van der Waals surface area contributed by atoms with Gasteiger partial charge in [0.2, 0.25) is 0 Å². The molecule has 0 N–H and O–H groups in total. The number of rotatable bonds is 4. The van der Waals surface area contributed by atoms with Crippen molar-refractivity contribution >= 4 is 21.9 Å². The van der Waals surface area contributed by atoms with E-state index in [1.54, 1.807) is 0 Å². The molecule has 2 rings (SSSR count). The molecule has 0 saturated heterocycles. The van der Waals surface area contributed by atoms with Gasteiger partial charge in [0.15, 0.2) is 4.90 Å².